The number of amides is 1. The van der Waals surface area contributed by atoms with E-state index in [4.69, 9.17) is 0 Å². The van der Waals surface area contributed by atoms with Crippen molar-refractivity contribution in [1.82, 2.24) is 5.32 Å². The summed E-state index contributed by atoms with van der Waals surface area (Å²) < 4.78 is 4.61. The second kappa shape index (κ2) is 7.12. The average molecular weight is 298 g/mol. The molecule has 22 heavy (non-hydrogen) atoms. The summed E-state index contributed by atoms with van der Waals surface area (Å²) in [4.78, 5) is 34.0. The topological polar surface area (TPSA) is 84.8 Å². The smallest absolute Gasteiger partial charge is 0.337 e. The van der Waals surface area contributed by atoms with E-state index in [0.29, 0.717) is 5.56 Å². The highest BCUT2D eigenvalue weighted by molar-refractivity contribution is 5.98. The summed E-state index contributed by atoms with van der Waals surface area (Å²) >= 11 is 0. The van der Waals surface area contributed by atoms with Crippen molar-refractivity contribution in [3.05, 3.63) is 70.1 Å². The molecule has 6 heteroatoms. The van der Waals surface area contributed by atoms with Gasteiger partial charge in [-0.2, -0.15) is 0 Å². The molecule has 112 valence electrons. The van der Waals surface area contributed by atoms with Gasteiger partial charge in [-0.05, 0) is 35.0 Å². The van der Waals surface area contributed by atoms with Crippen LogP contribution in [0, 0.1) is 4.91 Å². The molecular weight excluding hydrogens is 284 g/mol. The first kappa shape index (κ1) is 15.4. The lowest BCUT2D eigenvalue weighted by atomic mass is 10.1. The van der Waals surface area contributed by atoms with E-state index in [1.165, 1.54) is 19.2 Å². The van der Waals surface area contributed by atoms with Gasteiger partial charge in [-0.25, -0.2) is 4.79 Å². The van der Waals surface area contributed by atoms with Crippen LogP contribution in [0.15, 0.2) is 53.7 Å². The third kappa shape index (κ3) is 3.54. The third-order valence-electron chi connectivity index (χ3n) is 3.08. The Morgan fingerprint density at radius 1 is 1.09 bits per heavy atom. The second-order valence-electron chi connectivity index (χ2n) is 4.48. The monoisotopic (exact) mass is 298 g/mol. The van der Waals surface area contributed by atoms with Gasteiger partial charge < -0.3 is 10.1 Å². The number of nitrogens with one attached hydrogen (secondary N) is 1. The van der Waals surface area contributed by atoms with Gasteiger partial charge in [0, 0.05) is 6.54 Å². The SMILES string of the molecule is COC(=O)c1ccc(CNC(=O)c2ccccc2N=O)cc1. The molecule has 0 atom stereocenters. The van der Waals surface area contributed by atoms with Crippen LogP contribution < -0.4 is 5.32 Å². The molecule has 0 aromatic heterocycles. The zero-order chi connectivity index (χ0) is 15.9. The highest BCUT2D eigenvalue weighted by Crippen LogP contribution is 2.18. The van der Waals surface area contributed by atoms with Crippen LogP contribution in [0.2, 0.25) is 0 Å². The molecule has 0 aliphatic rings. The number of nitrogens with zero attached hydrogens (tertiary/aromatic N) is 1. The van der Waals surface area contributed by atoms with E-state index >= 15 is 0 Å². The van der Waals surface area contributed by atoms with Crippen molar-refractivity contribution in [2.24, 2.45) is 5.18 Å². The molecule has 2 aromatic rings. The summed E-state index contributed by atoms with van der Waals surface area (Å²) in [5.74, 6) is -0.797. The molecule has 0 aliphatic heterocycles. The van der Waals surface area contributed by atoms with Gasteiger partial charge in [-0.1, -0.05) is 24.3 Å². The Balaban J connectivity index is 2.02. The van der Waals surface area contributed by atoms with Crippen LogP contribution in [-0.2, 0) is 11.3 Å². The number of carbonyl (C=O) groups is 2. The molecule has 0 bridgehead atoms. The summed E-state index contributed by atoms with van der Waals surface area (Å²) in [6.45, 7) is 0.271. The molecule has 0 heterocycles. The fourth-order valence-electron chi connectivity index (χ4n) is 1.90. The Kier molecular flexibility index (Phi) is 4.98. The predicted molar refractivity (Wildman–Crippen MR) is 80.8 cm³/mol. The number of methoxy groups -OCH3 is 1. The maximum atomic E-state index is 12.0. The summed E-state index contributed by atoms with van der Waals surface area (Å²) in [5.41, 5.74) is 1.58. The zero-order valence-electron chi connectivity index (χ0n) is 11.9. The lowest BCUT2D eigenvalue weighted by Crippen LogP contribution is -2.22. The van der Waals surface area contributed by atoms with Gasteiger partial charge in [0.25, 0.3) is 5.91 Å². The molecular formula is C16H14N2O4. The van der Waals surface area contributed by atoms with Gasteiger partial charge in [0.05, 0.1) is 18.2 Å². The number of ether oxygens (including phenoxy) is 1. The van der Waals surface area contributed by atoms with Gasteiger partial charge in [0.1, 0.15) is 5.69 Å². The minimum Gasteiger partial charge on any atom is -0.465 e. The van der Waals surface area contributed by atoms with E-state index in [-0.39, 0.29) is 23.7 Å². The van der Waals surface area contributed by atoms with Gasteiger partial charge >= 0.3 is 5.97 Å². The van der Waals surface area contributed by atoms with Gasteiger partial charge in [-0.15, -0.1) is 4.91 Å². The lowest BCUT2D eigenvalue weighted by Gasteiger charge is -2.07. The summed E-state index contributed by atoms with van der Waals surface area (Å²) in [6.07, 6.45) is 0. The standard InChI is InChI=1S/C16H14N2O4/c1-22-16(20)12-8-6-11(7-9-12)10-17-15(19)13-4-2-3-5-14(13)18-21/h2-9H,10H2,1H3,(H,17,19). The number of carbonyl (C=O) groups excluding carboxylic acids is 2. The normalized spacial score (nSPS) is 9.86. The van der Waals surface area contributed by atoms with Crippen molar-refractivity contribution in [2.75, 3.05) is 7.11 Å². The molecule has 0 radical (unpaired) electrons. The van der Waals surface area contributed by atoms with Crippen molar-refractivity contribution in [3.8, 4) is 0 Å². The highest BCUT2D eigenvalue weighted by atomic mass is 16.5. The summed E-state index contributed by atoms with van der Waals surface area (Å²) in [6, 6.07) is 13.0. The molecule has 0 aliphatic carbocycles. The Morgan fingerprint density at radius 2 is 1.77 bits per heavy atom. The molecule has 0 unspecified atom stereocenters. The fourth-order valence-corrected chi connectivity index (χ4v) is 1.90. The number of hydrogen-bond donors (Lipinski definition) is 1. The van der Waals surface area contributed by atoms with E-state index < -0.39 is 5.97 Å². The molecule has 0 spiro atoms. The van der Waals surface area contributed by atoms with Crippen LogP contribution >= 0.6 is 0 Å². The van der Waals surface area contributed by atoms with E-state index in [9.17, 15) is 14.5 Å². The van der Waals surface area contributed by atoms with Crippen molar-refractivity contribution in [2.45, 2.75) is 6.54 Å². The summed E-state index contributed by atoms with van der Waals surface area (Å²) in [7, 11) is 1.31. The van der Waals surface area contributed by atoms with Crippen LogP contribution in [-0.4, -0.2) is 19.0 Å². The minimum atomic E-state index is -0.415. The molecule has 0 saturated carbocycles. The van der Waals surface area contributed by atoms with Crippen LogP contribution in [0.4, 0.5) is 5.69 Å². The molecule has 1 N–H and O–H groups in total. The molecule has 0 fully saturated rings. The van der Waals surface area contributed by atoms with E-state index in [1.54, 1.807) is 36.4 Å². The minimum absolute atomic E-state index is 0.0982. The maximum absolute atomic E-state index is 12.0. The highest BCUT2D eigenvalue weighted by Gasteiger charge is 2.11. The largest absolute Gasteiger partial charge is 0.465 e. The van der Waals surface area contributed by atoms with E-state index in [2.05, 4.69) is 15.2 Å². The molecule has 1 amide bonds. The van der Waals surface area contributed by atoms with Crippen LogP contribution in [0.3, 0.4) is 0 Å². The summed E-state index contributed by atoms with van der Waals surface area (Å²) in [5, 5.41) is 5.52. The fraction of sp³-hybridized carbons (Fsp3) is 0.125. The molecule has 2 aromatic carbocycles. The van der Waals surface area contributed by atoms with Gasteiger partial charge in [0.2, 0.25) is 0 Å². The number of esters is 1. The third-order valence-corrected chi connectivity index (χ3v) is 3.08. The Labute approximate surface area is 127 Å². The van der Waals surface area contributed by atoms with Crippen molar-refractivity contribution < 1.29 is 14.3 Å². The Morgan fingerprint density at radius 3 is 2.41 bits per heavy atom. The lowest BCUT2D eigenvalue weighted by molar-refractivity contribution is 0.0600. The Hall–Kier alpha value is -3.02. The Bertz CT molecular complexity index is 696. The average Bonchev–Trinajstić information content (AvgIpc) is 2.59. The van der Waals surface area contributed by atoms with Crippen molar-refractivity contribution in [1.29, 1.82) is 0 Å². The number of rotatable bonds is 5. The van der Waals surface area contributed by atoms with Crippen LogP contribution in [0.5, 0.6) is 0 Å². The molecule has 2 rings (SSSR count). The second-order valence-corrected chi connectivity index (χ2v) is 4.48. The number of hydrogen-bond acceptors (Lipinski definition) is 5. The first-order valence-electron chi connectivity index (χ1n) is 6.53. The molecule has 0 saturated heterocycles. The number of nitroso groups, excluding NO2 is 1. The van der Waals surface area contributed by atoms with Crippen molar-refractivity contribution >= 4 is 17.6 Å². The first-order valence-corrected chi connectivity index (χ1v) is 6.53. The zero-order valence-corrected chi connectivity index (χ0v) is 11.9. The van der Waals surface area contributed by atoms with Crippen LogP contribution in [0.1, 0.15) is 26.3 Å². The predicted octanol–water partition coefficient (Wildman–Crippen LogP) is 2.80. The van der Waals surface area contributed by atoms with E-state index in [1.807, 2.05) is 0 Å². The van der Waals surface area contributed by atoms with Crippen molar-refractivity contribution in [3.63, 3.8) is 0 Å². The quantitative estimate of drug-likeness (QED) is 0.679. The first-order chi connectivity index (χ1) is 10.7. The van der Waals surface area contributed by atoms with Gasteiger partial charge in [0.15, 0.2) is 0 Å². The van der Waals surface area contributed by atoms with Gasteiger partial charge in [-0.3, -0.25) is 4.79 Å². The molecule has 6 nitrogen and oxygen atoms in total. The maximum Gasteiger partial charge on any atom is 0.337 e. The van der Waals surface area contributed by atoms with Crippen LogP contribution in [0.25, 0.3) is 0 Å². The van der Waals surface area contributed by atoms with E-state index in [0.717, 1.165) is 5.56 Å². The number of benzene rings is 2.